The summed E-state index contributed by atoms with van der Waals surface area (Å²) in [4.78, 5) is 4.18. The summed E-state index contributed by atoms with van der Waals surface area (Å²) in [5.41, 5.74) is -2.71. The first kappa shape index (κ1) is 18.6. The zero-order valence-electron chi connectivity index (χ0n) is 11.6. The van der Waals surface area contributed by atoms with Crippen LogP contribution in [-0.4, -0.2) is 6.21 Å². The van der Waals surface area contributed by atoms with Gasteiger partial charge in [0.15, 0.2) is 46.5 Å². The molecule has 134 valence electrons. The second-order valence-electron chi connectivity index (χ2n) is 4.44. The SMILES string of the molecule is Fc1cc(F)c(F)c(/C=N/OCc2c(F)c(F)c(F)c(F)c2F)c1F. The summed E-state index contributed by atoms with van der Waals surface area (Å²) < 4.78 is 118. The van der Waals surface area contributed by atoms with E-state index in [1.54, 1.807) is 0 Å². The lowest BCUT2D eigenvalue weighted by molar-refractivity contribution is 0.124. The third-order valence-electron chi connectivity index (χ3n) is 2.91. The molecule has 0 radical (unpaired) electrons. The Balaban J connectivity index is 2.24. The van der Waals surface area contributed by atoms with Crippen molar-refractivity contribution >= 4 is 6.21 Å². The molecule has 0 N–H and O–H groups in total. The summed E-state index contributed by atoms with van der Waals surface area (Å²) >= 11 is 0. The van der Waals surface area contributed by atoms with Crippen molar-refractivity contribution < 1.29 is 44.4 Å². The molecule has 0 amide bonds. The Bertz CT molecular complexity index is 811. The summed E-state index contributed by atoms with van der Waals surface area (Å²) in [6.07, 6.45) is 0.128. The van der Waals surface area contributed by atoms with Gasteiger partial charge in [0.1, 0.15) is 6.61 Å². The minimum absolute atomic E-state index is 0.0717. The number of oxime groups is 1. The molecular formula is C14H4F9NO. The second-order valence-corrected chi connectivity index (χ2v) is 4.44. The van der Waals surface area contributed by atoms with Crippen molar-refractivity contribution in [2.75, 3.05) is 0 Å². The van der Waals surface area contributed by atoms with Gasteiger partial charge in [-0.05, 0) is 0 Å². The van der Waals surface area contributed by atoms with Crippen molar-refractivity contribution in [2.24, 2.45) is 5.16 Å². The highest BCUT2D eigenvalue weighted by Gasteiger charge is 2.26. The van der Waals surface area contributed by atoms with Crippen LogP contribution in [0.1, 0.15) is 11.1 Å². The molecule has 2 aromatic carbocycles. The largest absolute Gasteiger partial charge is 0.391 e. The maximum atomic E-state index is 13.3. The molecule has 0 fully saturated rings. The van der Waals surface area contributed by atoms with Crippen molar-refractivity contribution in [3.63, 3.8) is 0 Å². The van der Waals surface area contributed by atoms with Crippen LogP contribution in [0, 0.1) is 52.4 Å². The van der Waals surface area contributed by atoms with Crippen LogP contribution >= 0.6 is 0 Å². The van der Waals surface area contributed by atoms with E-state index < -0.39 is 70.1 Å². The Hall–Kier alpha value is -2.72. The lowest BCUT2D eigenvalue weighted by Crippen LogP contribution is -2.08. The molecule has 0 spiro atoms. The molecule has 0 atom stereocenters. The molecule has 0 unspecified atom stereocenters. The number of hydrogen-bond donors (Lipinski definition) is 0. The van der Waals surface area contributed by atoms with E-state index in [0.29, 0.717) is 0 Å². The zero-order valence-corrected chi connectivity index (χ0v) is 11.6. The molecule has 0 heterocycles. The maximum absolute atomic E-state index is 13.3. The van der Waals surface area contributed by atoms with E-state index in [-0.39, 0.29) is 12.3 Å². The third kappa shape index (κ3) is 3.39. The molecule has 11 heteroatoms. The van der Waals surface area contributed by atoms with Gasteiger partial charge in [0.05, 0.1) is 17.3 Å². The van der Waals surface area contributed by atoms with Crippen LogP contribution < -0.4 is 0 Å². The molecule has 2 rings (SSSR count). The van der Waals surface area contributed by atoms with Gasteiger partial charge in [-0.3, -0.25) is 0 Å². The average molecular weight is 373 g/mol. The van der Waals surface area contributed by atoms with Gasteiger partial charge in [-0.1, -0.05) is 5.16 Å². The van der Waals surface area contributed by atoms with Gasteiger partial charge in [0.25, 0.3) is 0 Å². The molecule has 2 nitrogen and oxygen atoms in total. The first-order valence-corrected chi connectivity index (χ1v) is 6.15. The first-order chi connectivity index (χ1) is 11.7. The summed E-state index contributed by atoms with van der Waals surface area (Å²) in [6, 6.07) is -0.0717. The molecule has 0 aromatic heterocycles. The van der Waals surface area contributed by atoms with Gasteiger partial charge in [-0.15, -0.1) is 0 Å². The topological polar surface area (TPSA) is 21.6 Å². The van der Waals surface area contributed by atoms with Gasteiger partial charge in [-0.2, -0.15) is 0 Å². The van der Waals surface area contributed by atoms with Crippen LogP contribution in [0.25, 0.3) is 0 Å². The van der Waals surface area contributed by atoms with Gasteiger partial charge < -0.3 is 4.84 Å². The van der Waals surface area contributed by atoms with Crippen molar-refractivity contribution in [1.29, 1.82) is 0 Å². The molecule has 0 bridgehead atoms. The first-order valence-electron chi connectivity index (χ1n) is 6.15. The Morgan fingerprint density at radius 2 is 1.12 bits per heavy atom. The van der Waals surface area contributed by atoms with Crippen LogP contribution in [0.2, 0.25) is 0 Å². The highest BCUT2D eigenvalue weighted by molar-refractivity contribution is 5.80. The minimum atomic E-state index is -2.39. The van der Waals surface area contributed by atoms with Crippen LogP contribution in [0.15, 0.2) is 11.2 Å². The fraction of sp³-hybridized carbons (Fsp3) is 0.0714. The number of benzene rings is 2. The fourth-order valence-electron chi connectivity index (χ4n) is 1.67. The standard InChI is InChI=1S/C14H4F9NO/c15-6-1-7(16)9(18)4(8(6)17)2-24-25-3-5-10(19)12(21)14(23)13(22)11(5)20/h1-2H,3H2/b24-2+. The average Bonchev–Trinajstić information content (AvgIpc) is 2.58. The van der Waals surface area contributed by atoms with E-state index in [1.165, 1.54) is 0 Å². The van der Waals surface area contributed by atoms with Crippen LogP contribution in [0.4, 0.5) is 39.5 Å². The monoisotopic (exact) mass is 373 g/mol. The molecule has 0 aliphatic heterocycles. The lowest BCUT2D eigenvalue weighted by atomic mass is 10.2. The van der Waals surface area contributed by atoms with Crippen LogP contribution in [-0.2, 0) is 11.4 Å². The molecule has 2 aromatic rings. The van der Waals surface area contributed by atoms with Crippen LogP contribution in [0.3, 0.4) is 0 Å². The van der Waals surface area contributed by atoms with Crippen molar-refractivity contribution in [1.82, 2.24) is 0 Å². The number of nitrogens with zero attached hydrogens (tertiary/aromatic N) is 1. The van der Waals surface area contributed by atoms with Crippen LogP contribution in [0.5, 0.6) is 0 Å². The number of halogens is 9. The quantitative estimate of drug-likeness (QED) is 0.255. The predicted octanol–water partition coefficient (Wildman–Crippen LogP) is 4.49. The molecule has 25 heavy (non-hydrogen) atoms. The molecule has 0 aliphatic carbocycles. The van der Waals surface area contributed by atoms with Gasteiger partial charge >= 0.3 is 0 Å². The van der Waals surface area contributed by atoms with Crippen molar-refractivity contribution in [3.8, 4) is 0 Å². The highest BCUT2D eigenvalue weighted by atomic mass is 19.2. The molecular weight excluding hydrogens is 369 g/mol. The predicted molar refractivity (Wildman–Crippen MR) is 64.9 cm³/mol. The Morgan fingerprint density at radius 3 is 1.60 bits per heavy atom. The minimum Gasteiger partial charge on any atom is -0.391 e. The summed E-state index contributed by atoms with van der Waals surface area (Å²) in [6.45, 7) is -1.32. The maximum Gasteiger partial charge on any atom is 0.200 e. The molecule has 0 saturated heterocycles. The Kier molecular flexibility index (Phi) is 5.24. The third-order valence-corrected chi connectivity index (χ3v) is 2.91. The van der Waals surface area contributed by atoms with E-state index in [1.807, 2.05) is 0 Å². The Morgan fingerprint density at radius 1 is 0.680 bits per heavy atom. The number of hydrogen-bond acceptors (Lipinski definition) is 2. The second kappa shape index (κ2) is 7.03. The van der Waals surface area contributed by atoms with Gasteiger partial charge in [0, 0.05) is 6.07 Å². The van der Waals surface area contributed by atoms with E-state index in [2.05, 4.69) is 9.99 Å². The van der Waals surface area contributed by atoms with E-state index in [0.717, 1.165) is 0 Å². The van der Waals surface area contributed by atoms with Gasteiger partial charge in [0.2, 0.25) is 5.82 Å². The van der Waals surface area contributed by atoms with Crippen molar-refractivity contribution in [3.05, 3.63) is 69.5 Å². The summed E-state index contributed by atoms with van der Waals surface area (Å²) in [7, 11) is 0. The van der Waals surface area contributed by atoms with E-state index in [4.69, 9.17) is 0 Å². The van der Waals surface area contributed by atoms with Gasteiger partial charge in [-0.25, -0.2) is 39.5 Å². The Labute approximate surface area is 133 Å². The van der Waals surface area contributed by atoms with E-state index in [9.17, 15) is 39.5 Å². The normalized spacial score (nSPS) is 11.4. The molecule has 0 aliphatic rings. The highest BCUT2D eigenvalue weighted by Crippen LogP contribution is 2.23. The van der Waals surface area contributed by atoms with E-state index >= 15 is 0 Å². The van der Waals surface area contributed by atoms with Crippen molar-refractivity contribution in [2.45, 2.75) is 6.61 Å². The molecule has 0 saturated carbocycles. The fourth-order valence-corrected chi connectivity index (χ4v) is 1.67. The smallest absolute Gasteiger partial charge is 0.200 e. The lowest BCUT2D eigenvalue weighted by Gasteiger charge is -2.07. The summed E-state index contributed by atoms with van der Waals surface area (Å²) in [5, 5.41) is 2.79. The number of rotatable bonds is 4. The zero-order chi connectivity index (χ0) is 18.9. The summed E-state index contributed by atoms with van der Waals surface area (Å²) in [5.74, 6) is -18.4.